The van der Waals surface area contributed by atoms with Crippen LogP contribution in [0.1, 0.15) is 25.5 Å². The lowest BCUT2D eigenvalue weighted by Gasteiger charge is -2.37. The van der Waals surface area contributed by atoms with Gasteiger partial charge in [-0.2, -0.15) is 20.1 Å². The number of aliphatic hydroxyl groups is 1. The first-order valence-corrected chi connectivity index (χ1v) is 17.2. The van der Waals surface area contributed by atoms with Crippen molar-refractivity contribution in [2.45, 2.75) is 44.4 Å². The number of hydrogen-bond acceptors (Lipinski definition) is 10. The van der Waals surface area contributed by atoms with Crippen LogP contribution in [-0.2, 0) is 21.8 Å². The fourth-order valence-corrected chi connectivity index (χ4v) is 6.78. The minimum atomic E-state index is -1.19. The number of rotatable bonds is 11. The quantitative estimate of drug-likeness (QED) is 0.208. The Bertz CT molecular complexity index is 1940. The number of aromatic nitrogens is 6. The molecule has 2 unspecified atom stereocenters. The maximum absolute atomic E-state index is 12.8. The Morgan fingerprint density at radius 3 is 2.14 bits per heavy atom. The average molecular weight is 722 g/mol. The molecular weight excluding hydrogens is 683 g/mol. The first-order valence-electron chi connectivity index (χ1n) is 16.5. The van der Waals surface area contributed by atoms with Crippen molar-refractivity contribution in [2.24, 2.45) is 0 Å². The van der Waals surface area contributed by atoms with Crippen molar-refractivity contribution in [3.8, 4) is 11.4 Å². The zero-order valence-corrected chi connectivity index (χ0v) is 29.2. The summed E-state index contributed by atoms with van der Waals surface area (Å²) < 4.78 is 21.6. The third-order valence-electron chi connectivity index (χ3n) is 9.21. The first-order chi connectivity index (χ1) is 24.2. The lowest BCUT2D eigenvalue weighted by Crippen LogP contribution is -2.46. The van der Waals surface area contributed by atoms with Gasteiger partial charge in [-0.1, -0.05) is 29.3 Å². The second-order valence-corrected chi connectivity index (χ2v) is 13.3. The SMILES string of the molecule is CC(O)C(C)n1ncn(-c2ccc(N3CCN(c4ccc(OC[C@@H]5CO[C@@](Cn6nccn6)(c6ccc(Cl)cc6Cl)O5)cc4)CC3)cc2)c1=O. The van der Waals surface area contributed by atoms with Crippen molar-refractivity contribution in [3.05, 3.63) is 112 Å². The van der Waals surface area contributed by atoms with Gasteiger partial charge in [0.2, 0.25) is 5.79 Å². The summed E-state index contributed by atoms with van der Waals surface area (Å²) in [5.74, 6) is -0.456. The van der Waals surface area contributed by atoms with Crippen molar-refractivity contribution in [2.75, 3.05) is 49.2 Å². The highest BCUT2D eigenvalue weighted by atomic mass is 35.5. The molecule has 0 spiro atoms. The number of ether oxygens (including phenoxy) is 3. The second kappa shape index (κ2) is 14.4. The Morgan fingerprint density at radius 1 is 0.900 bits per heavy atom. The molecule has 2 aliphatic rings. The summed E-state index contributed by atoms with van der Waals surface area (Å²) in [6.45, 7) is 7.65. The van der Waals surface area contributed by atoms with E-state index >= 15 is 0 Å². The van der Waals surface area contributed by atoms with Gasteiger partial charge in [-0.05, 0) is 74.5 Å². The number of hydrogen-bond donors (Lipinski definition) is 1. The van der Waals surface area contributed by atoms with Crippen LogP contribution in [0.4, 0.5) is 11.4 Å². The van der Waals surface area contributed by atoms with Crippen molar-refractivity contribution in [1.29, 1.82) is 0 Å². The second-order valence-electron chi connectivity index (χ2n) is 12.5. The maximum atomic E-state index is 12.8. The number of aliphatic hydroxyl groups excluding tert-OH is 1. The molecule has 2 aliphatic heterocycles. The van der Waals surface area contributed by atoms with Gasteiger partial charge in [0.05, 0.1) is 41.9 Å². The largest absolute Gasteiger partial charge is 0.491 e. The van der Waals surface area contributed by atoms with E-state index in [1.807, 2.05) is 36.4 Å². The van der Waals surface area contributed by atoms with Crippen LogP contribution < -0.4 is 20.2 Å². The van der Waals surface area contributed by atoms with Gasteiger partial charge in [0.1, 0.15) is 31.3 Å². The Labute approximate surface area is 299 Å². The molecule has 0 bridgehead atoms. The summed E-state index contributed by atoms with van der Waals surface area (Å²) in [7, 11) is 0. The molecule has 7 rings (SSSR count). The molecule has 50 heavy (non-hydrogen) atoms. The van der Waals surface area contributed by atoms with Crippen LogP contribution in [0.15, 0.2) is 90.2 Å². The molecule has 2 fully saturated rings. The third kappa shape index (κ3) is 7.10. The van der Waals surface area contributed by atoms with Crippen molar-refractivity contribution < 1.29 is 19.3 Å². The van der Waals surface area contributed by atoms with E-state index in [2.05, 4.69) is 37.2 Å². The van der Waals surface area contributed by atoms with Gasteiger partial charge in [-0.25, -0.2) is 14.0 Å². The fraction of sp³-hybridized carbons (Fsp3) is 0.371. The number of anilines is 2. The van der Waals surface area contributed by atoms with Crippen molar-refractivity contribution in [3.63, 3.8) is 0 Å². The maximum Gasteiger partial charge on any atom is 0.350 e. The number of nitrogens with zero attached hydrogens (tertiary/aromatic N) is 8. The van der Waals surface area contributed by atoms with Crippen molar-refractivity contribution >= 4 is 34.6 Å². The van der Waals surface area contributed by atoms with E-state index in [0.717, 1.165) is 49.0 Å². The minimum Gasteiger partial charge on any atom is -0.491 e. The number of halogens is 2. The Kier molecular flexibility index (Phi) is 9.84. The molecule has 1 N–H and O–H groups in total. The van der Waals surface area contributed by atoms with Gasteiger partial charge in [-0.15, -0.1) is 0 Å². The van der Waals surface area contributed by atoms with Crippen LogP contribution in [0.3, 0.4) is 0 Å². The smallest absolute Gasteiger partial charge is 0.350 e. The highest BCUT2D eigenvalue weighted by Gasteiger charge is 2.46. The molecule has 2 aromatic heterocycles. The molecule has 0 aliphatic carbocycles. The van der Waals surface area contributed by atoms with Crippen LogP contribution in [-0.4, -0.2) is 86.0 Å². The molecule has 15 heteroatoms. The molecule has 0 amide bonds. The predicted octanol–water partition coefficient (Wildman–Crippen LogP) is 4.55. The predicted molar refractivity (Wildman–Crippen MR) is 190 cm³/mol. The van der Waals surface area contributed by atoms with Crippen LogP contribution >= 0.6 is 23.2 Å². The monoisotopic (exact) mass is 720 g/mol. The van der Waals surface area contributed by atoms with Crippen molar-refractivity contribution in [1.82, 2.24) is 29.3 Å². The first kappa shape index (κ1) is 34.1. The Hall–Kier alpha value is -4.40. The summed E-state index contributed by atoms with van der Waals surface area (Å²) in [6.07, 6.45) is 3.66. The summed E-state index contributed by atoms with van der Waals surface area (Å²) >= 11 is 12.7. The Balaban J connectivity index is 0.924. The van der Waals surface area contributed by atoms with Gasteiger partial charge in [0, 0.05) is 48.1 Å². The molecule has 0 radical (unpaired) electrons. The number of benzene rings is 3. The van der Waals surface area contributed by atoms with E-state index in [1.165, 1.54) is 20.4 Å². The van der Waals surface area contributed by atoms with Gasteiger partial charge in [-0.3, -0.25) is 0 Å². The highest BCUT2D eigenvalue weighted by molar-refractivity contribution is 6.35. The standard InChI is InChI=1S/C35H38Cl2N8O5/c1-24(25(2)46)45-34(47)43(23-40-45)29-6-4-27(5-7-29)41-15-17-42(18-16-41)28-8-10-30(11-9-28)48-20-31-21-49-35(50-31,22-44-38-13-14-39-44)32-12-3-26(36)19-33(32)37/h3-14,19,23-25,31,46H,15-18,20-22H2,1-2H3/t24?,25?,31-,35-/m1/s1. The molecule has 5 aromatic rings. The molecule has 262 valence electrons. The van der Waals surface area contributed by atoms with E-state index < -0.39 is 17.9 Å². The fourth-order valence-electron chi connectivity index (χ4n) is 6.23. The zero-order valence-electron chi connectivity index (χ0n) is 27.7. The van der Waals surface area contributed by atoms with Crippen LogP contribution in [0.2, 0.25) is 10.0 Å². The molecule has 2 saturated heterocycles. The molecule has 13 nitrogen and oxygen atoms in total. The van der Waals surface area contributed by atoms with Gasteiger partial charge >= 0.3 is 5.69 Å². The molecular formula is C35H38Cl2N8O5. The van der Waals surface area contributed by atoms with E-state index in [1.54, 1.807) is 44.4 Å². The van der Waals surface area contributed by atoms with Gasteiger partial charge < -0.3 is 29.1 Å². The molecule has 4 atom stereocenters. The molecule has 4 heterocycles. The van der Waals surface area contributed by atoms with Crippen LogP contribution in [0.25, 0.3) is 5.69 Å². The van der Waals surface area contributed by atoms with E-state index in [4.69, 9.17) is 37.4 Å². The lowest BCUT2D eigenvalue weighted by molar-refractivity contribution is -0.192. The number of piperazine rings is 1. The van der Waals surface area contributed by atoms with Gasteiger partial charge in [0.15, 0.2) is 0 Å². The average Bonchev–Trinajstić information content (AvgIpc) is 3.88. The zero-order chi connectivity index (χ0) is 34.8. The topological polar surface area (TPSA) is 125 Å². The van der Waals surface area contributed by atoms with Crippen LogP contribution in [0.5, 0.6) is 5.75 Å². The summed E-state index contributed by atoms with van der Waals surface area (Å²) in [6, 6.07) is 20.8. The van der Waals surface area contributed by atoms with Crippen LogP contribution in [0, 0.1) is 0 Å². The molecule has 0 saturated carbocycles. The summed E-state index contributed by atoms with van der Waals surface area (Å²) in [5.41, 5.74) is 3.31. The molecule has 3 aromatic carbocycles. The van der Waals surface area contributed by atoms with E-state index in [0.29, 0.717) is 22.2 Å². The summed E-state index contributed by atoms with van der Waals surface area (Å²) in [5, 5.41) is 23.5. The third-order valence-corrected chi connectivity index (χ3v) is 9.75. The normalized spacial score (nSPS) is 20.6. The van der Waals surface area contributed by atoms with E-state index in [9.17, 15) is 9.90 Å². The van der Waals surface area contributed by atoms with E-state index in [-0.39, 0.29) is 24.9 Å². The lowest BCUT2D eigenvalue weighted by atomic mass is 10.1. The minimum absolute atomic E-state index is 0.212. The Morgan fingerprint density at radius 2 is 1.52 bits per heavy atom. The summed E-state index contributed by atoms with van der Waals surface area (Å²) in [4.78, 5) is 19.0. The highest BCUT2D eigenvalue weighted by Crippen LogP contribution is 2.40. The van der Waals surface area contributed by atoms with Gasteiger partial charge in [0.25, 0.3) is 0 Å².